The van der Waals surface area contributed by atoms with Gasteiger partial charge < -0.3 is 14.6 Å². The zero-order chi connectivity index (χ0) is 22.1. The van der Waals surface area contributed by atoms with Crippen molar-refractivity contribution in [2.24, 2.45) is 11.8 Å². The normalized spacial score (nSPS) is 13.1. The molecule has 0 aromatic heterocycles. The second-order valence-corrected chi connectivity index (χ2v) is 8.28. The summed E-state index contributed by atoms with van der Waals surface area (Å²) in [6, 6.07) is 0. The molecule has 2 atom stereocenters. The number of rotatable bonds is 18. The average molecular weight is 415 g/mol. The molecule has 0 aliphatic heterocycles. The van der Waals surface area contributed by atoms with E-state index in [2.05, 4.69) is 13.8 Å². The van der Waals surface area contributed by atoms with Gasteiger partial charge in [-0.15, -0.1) is 0 Å². The third kappa shape index (κ3) is 17.0. The van der Waals surface area contributed by atoms with Gasteiger partial charge in [0.05, 0.1) is 12.5 Å². The second-order valence-electron chi connectivity index (χ2n) is 8.28. The molecule has 0 radical (unpaired) electrons. The molecule has 0 heterocycles. The SMILES string of the molecule is CCOC(=O)CCCCCCC(CCCC(CCCC(C)C)OC(C)=O)C(=O)O. The van der Waals surface area contributed by atoms with E-state index in [0.29, 0.717) is 31.8 Å². The predicted molar refractivity (Wildman–Crippen MR) is 114 cm³/mol. The molecular formula is C23H42O6. The lowest BCUT2D eigenvalue weighted by molar-refractivity contribution is -0.148. The maximum absolute atomic E-state index is 11.5. The van der Waals surface area contributed by atoms with Crippen LogP contribution in [0.15, 0.2) is 0 Å². The molecule has 0 aromatic rings. The van der Waals surface area contributed by atoms with Gasteiger partial charge in [-0.3, -0.25) is 14.4 Å². The van der Waals surface area contributed by atoms with Gasteiger partial charge in [-0.25, -0.2) is 0 Å². The van der Waals surface area contributed by atoms with Crippen LogP contribution in [0.1, 0.15) is 105 Å². The lowest BCUT2D eigenvalue weighted by Gasteiger charge is -2.19. The third-order valence-corrected chi connectivity index (χ3v) is 5.06. The van der Waals surface area contributed by atoms with Gasteiger partial charge in [0, 0.05) is 13.3 Å². The number of esters is 2. The van der Waals surface area contributed by atoms with Crippen LogP contribution in [0, 0.1) is 11.8 Å². The summed E-state index contributed by atoms with van der Waals surface area (Å²) >= 11 is 0. The highest BCUT2D eigenvalue weighted by Gasteiger charge is 2.19. The number of hydrogen-bond acceptors (Lipinski definition) is 5. The average Bonchev–Trinajstić information content (AvgIpc) is 2.61. The summed E-state index contributed by atoms with van der Waals surface area (Å²) in [7, 11) is 0. The van der Waals surface area contributed by atoms with Gasteiger partial charge in [0.15, 0.2) is 0 Å². The molecule has 1 N–H and O–H groups in total. The largest absolute Gasteiger partial charge is 0.481 e. The summed E-state index contributed by atoms with van der Waals surface area (Å²) in [4.78, 5) is 34.1. The Balaban J connectivity index is 4.11. The van der Waals surface area contributed by atoms with Crippen molar-refractivity contribution in [1.82, 2.24) is 0 Å². The summed E-state index contributed by atoms with van der Waals surface area (Å²) in [5.74, 6) is -0.903. The minimum Gasteiger partial charge on any atom is -0.481 e. The molecule has 0 aliphatic rings. The molecule has 170 valence electrons. The van der Waals surface area contributed by atoms with Crippen molar-refractivity contribution in [3.05, 3.63) is 0 Å². The van der Waals surface area contributed by atoms with E-state index in [1.165, 1.54) is 6.92 Å². The lowest BCUT2D eigenvalue weighted by Crippen LogP contribution is -2.18. The molecule has 0 aliphatic carbocycles. The first kappa shape index (κ1) is 27.4. The van der Waals surface area contributed by atoms with E-state index in [-0.39, 0.29) is 24.0 Å². The van der Waals surface area contributed by atoms with Gasteiger partial charge in [-0.05, 0) is 57.8 Å². The van der Waals surface area contributed by atoms with Crippen LogP contribution >= 0.6 is 0 Å². The van der Waals surface area contributed by atoms with Crippen LogP contribution in [0.3, 0.4) is 0 Å². The smallest absolute Gasteiger partial charge is 0.306 e. The first-order valence-electron chi connectivity index (χ1n) is 11.3. The number of ether oxygens (including phenoxy) is 2. The highest BCUT2D eigenvalue weighted by molar-refractivity contribution is 5.70. The molecule has 0 aromatic carbocycles. The van der Waals surface area contributed by atoms with E-state index in [4.69, 9.17) is 9.47 Å². The van der Waals surface area contributed by atoms with Crippen molar-refractivity contribution >= 4 is 17.9 Å². The van der Waals surface area contributed by atoms with Crippen molar-refractivity contribution in [2.45, 2.75) is 111 Å². The van der Waals surface area contributed by atoms with Gasteiger partial charge >= 0.3 is 17.9 Å². The Morgan fingerprint density at radius 3 is 1.97 bits per heavy atom. The molecule has 0 bridgehead atoms. The fourth-order valence-corrected chi connectivity index (χ4v) is 3.48. The fraction of sp³-hybridized carbons (Fsp3) is 0.870. The number of aliphatic carboxylic acids is 1. The maximum atomic E-state index is 11.5. The second kappa shape index (κ2) is 17.3. The van der Waals surface area contributed by atoms with Crippen molar-refractivity contribution < 1.29 is 29.0 Å². The lowest BCUT2D eigenvalue weighted by atomic mass is 9.93. The van der Waals surface area contributed by atoms with Gasteiger partial charge in [-0.1, -0.05) is 39.5 Å². The van der Waals surface area contributed by atoms with Gasteiger partial charge in [-0.2, -0.15) is 0 Å². The number of carboxylic acid groups (broad SMARTS) is 1. The molecule has 29 heavy (non-hydrogen) atoms. The number of hydrogen-bond donors (Lipinski definition) is 1. The summed E-state index contributed by atoms with van der Waals surface area (Å²) in [6.07, 6.45) is 9.50. The number of carbonyl (C=O) groups is 3. The van der Waals surface area contributed by atoms with Crippen LogP contribution in [-0.2, 0) is 23.9 Å². The van der Waals surface area contributed by atoms with Crippen LogP contribution < -0.4 is 0 Å². The number of carboxylic acids is 1. The zero-order valence-electron chi connectivity index (χ0n) is 18.9. The Kier molecular flexibility index (Phi) is 16.3. The van der Waals surface area contributed by atoms with Crippen molar-refractivity contribution in [2.75, 3.05) is 6.61 Å². The Morgan fingerprint density at radius 2 is 1.41 bits per heavy atom. The maximum Gasteiger partial charge on any atom is 0.306 e. The molecule has 0 saturated heterocycles. The topological polar surface area (TPSA) is 89.9 Å². The molecule has 0 spiro atoms. The molecule has 0 amide bonds. The third-order valence-electron chi connectivity index (χ3n) is 5.06. The highest BCUT2D eigenvalue weighted by atomic mass is 16.5. The van der Waals surface area contributed by atoms with Gasteiger partial charge in [0.1, 0.15) is 6.10 Å². The van der Waals surface area contributed by atoms with Gasteiger partial charge in [0.25, 0.3) is 0 Å². The van der Waals surface area contributed by atoms with Gasteiger partial charge in [0.2, 0.25) is 0 Å². The minimum atomic E-state index is -0.750. The van der Waals surface area contributed by atoms with E-state index in [1.54, 1.807) is 6.92 Å². The van der Waals surface area contributed by atoms with Crippen LogP contribution in [-0.4, -0.2) is 35.7 Å². The summed E-state index contributed by atoms with van der Waals surface area (Å²) in [5.41, 5.74) is 0. The molecule has 0 saturated carbocycles. The Morgan fingerprint density at radius 1 is 0.828 bits per heavy atom. The van der Waals surface area contributed by atoms with Crippen molar-refractivity contribution in [3.63, 3.8) is 0 Å². The number of unbranched alkanes of at least 4 members (excludes halogenated alkanes) is 3. The van der Waals surface area contributed by atoms with E-state index in [0.717, 1.165) is 57.8 Å². The monoisotopic (exact) mass is 414 g/mol. The van der Waals surface area contributed by atoms with E-state index >= 15 is 0 Å². The van der Waals surface area contributed by atoms with Crippen molar-refractivity contribution in [1.29, 1.82) is 0 Å². The molecular weight excluding hydrogens is 372 g/mol. The summed E-state index contributed by atoms with van der Waals surface area (Å²) < 4.78 is 10.3. The molecule has 6 heteroatoms. The number of carbonyl (C=O) groups excluding carboxylic acids is 2. The summed E-state index contributed by atoms with van der Waals surface area (Å²) in [6.45, 7) is 7.99. The molecule has 0 fully saturated rings. The minimum absolute atomic E-state index is 0.108. The molecule has 0 rings (SSSR count). The Hall–Kier alpha value is -1.59. The van der Waals surface area contributed by atoms with Crippen LogP contribution in [0.4, 0.5) is 0 Å². The van der Waals surface area contributed by atoms with Crippen LogP contribution in [0.25, 0.3) is 0 Å². The van der Waals surface area contributed by atoms with Crippen molar-refractivity contribution in [3.8, 4) is 0 Å². The molecule has 6 nitrogen and oxygen atoms in total. The first-order valence-corrected chi connectivity index (χ1v) is 11.3. The Labute approximate surface area is 176 Å². The van der Waals surface area contributed by atoms with Crippen LogP contribution in [0.5, 0.6) is 0 Å². The molecule has 2 unspecified atom stereocenters. The van der Waals surface area contributed by atoms with Crippen LogP contribution in [0.2, 0.25) is 0 Å². The quantitative estimate of drug-likeness (QED) is 0.235. The predicted octanol–water partition coefficient (Wildman–Crippen LogP) is 5.52. The van der Waals surface area contributed by atoms with E-state index in [1.807, 2.05) is 0 Å². The fourth-order valence-electron chi connectivity index (χ4n) is 3.48. The standard InChI is InChI=1S/C23H42O6/c1-5-28-22(25)17-9-7-6-8-13-20(23(26)27)14-11-16-21(29-19(4)24)15-10-12-18(2)3/h18,20-21H,5-17H2,1-4H3,(H,26,27). The zero-order valence-corrected chi connectivity index (χ0v) is 18.9. The van der Waals surface area contributed by atoms with E-state index in [9.17, 15) is 19.5 Å². The Bertz CT molecular complexity index is 460. The highest BCUT2D eigenvalue weighted by Crippen LogP contribution is 2.21. The first-order chi connectivity index (χ1) is 13.8. The van der Waals surface area contributed by atoms with E-state index < -0.39 is 5.97 Å². The summed E-state index contributed by atoms with van der Waals surface area (Å²) in [5, 5.41) is 9.47.